The Morgan fingerprint density at radius 2 is 1.74 bits per heavy atom. The van der Waals surface area contributed by atoms with Gasteiger partial charge >= 0.3 is 0 Å². The molecule has 12 nitrogen and oxygen atoms in total. The Morgan fingerprint density at radius 1 is 0.979 bits per heavy atom. The van der Waals surface area contributed by atoms with E-state index in [0.717, 1.165) is 25.7 Å². The molecule has 0 aromatic carbocycles. The zero-order valence-corrected chi connectivity index (χ0v) is 27.6. The van der Waals surface area contributed by atoms with Crippen molar-refractivity contribution in [1.82, 2.24) is 0 Å². The number of fused-ring (bicyclic) bond motifs is 8. The lowest BCUT2D eigenvalue weighted by Crippen LogP contribution is -2.60. The predicted octanol–water partition coefficient (Wildman–Crippen LogP) is 0.487. The molecular formula is C35H52O12. The number of hydrogen-bond acceptors (Lipinski definition) is 12. The minimum atomic E-state index is -1.47. The molecule has 0 aromatic rings. The first kappa shape index (κ1) is 33.2. The number of hydrogen-bond donors (Lipinski definition) is 7. The maximum Gasteiger partial charge on any atom is 0.197 e. The molecule has 8 unspecified atom stereocenters. The first-order valence-electron chi connectivity index (χ1n) is 17.6. The molecule has 8 rings (SSSR count). The van der Waals surface area contributed by atoms with Crippen molar-refractivity contribution in [3.8, 4) is 0 Å². The number of rotatable bonds is 4. The van der Waals surface area contributed by atoms with Crippen LogP contribution in [0.15, 0.2) is 23.3 Å². The van der Waals surface area contributed by atoms with Crippen LogP contribution in [0.5, 0.6) is 0 Å². The first-order valence-corrected chi connectivity index (χ1v) is 17.6. The van der Waals surface area contributed by atoms with E-state index in [9.17, 15) is 35.7 Å². The molecule has 4 aliphatic carbocycles. The van der Waals surface area contributed by atoms with Crippen molar-refractivity contribution in [2.45, 2.75) is 139 Å². The highest BCUT2D eigenvalue weighted by molar-refractivity contribution is 5.47. The molecule has 6 fully saturated rings. The number of aliphatic hydroxyl groups is 7. The lowest BCUT2D eigenvalue weighted by atomic mass is 9.51. The van der Waals surface area contributed by atoms with Gasteiger partial charge in [-0.1, -0.05) is 32.9 Å². The van der Waals surface area contributed by atoms with Gasteiger partial charge in [-0.25, -0.2) is 0 Å². The Labute approximate surface area is 275 Å². The van der Waals surface area contributed by atoms with E-state index in [1.165, 1.54) is 11.1 Å². The van der Waals surface area contributed by atoms with E-state index >= 15 is 0 Å². The Morgan fingerprint density at radius 3 is 2.49 bits per heavy atom. The second-order valence-electron chi connectivity index (χ2n) is 16.5. The van der Waals surface area contributed by atoms with Crippen molar-refractivity contribution >= 4 is 0 Å². The van der Waals surface area contributed by atoms with Crippen LogP contribution in [-0.4, -0.2) is 122 Å². The van der Waals surface area contributed by atoms with Gasteiger partial charge in [-0.3, -0.25) is 0 Å². The summed E-state index contributed by atoms with van der Waals surface area (Å²) < 4.78 is 30.3. The molecule has 0 radical (unpaired) electrons. The van der Waals surface area contributed by atoms with Crippen molar-refractivity contribution in [3.05, 3.63) is 23.3 Å². The molecule has 19 atom stereocenters. The third-order valence-electron chi connectivity index (χ3n) is 14.3. The van der Waals surface area contributed by atoms with Gasteiger partial charge in [0.05, 0.1) is 31.5 Å². The number of aliphatic hydroxyl groups excluding tert-OH is 6. The van der Waals surface area contributed by atoms with E-state index in [4.69, 9.17) is 23.7 Å². The highest BCUT2D eigenvalue weighted by atomic mass is 16.8. The topological polar surface area (TPSA) is 188 Å². The molecule has 47 heavy (non-hydrogen) atoms. The standard InChI is InChI=1S/C35H52O12/c1-15-14-43-34(4)35(15,42)29-28(47-34)23(30(41)46-29)24-21(37)12-20-18-6-5-16-11-17(7-9-32(16,2)19(18)8-10-33(20,24)3)44-31-27(40)26(39)25(38)22(13-36)45-31/h6,8,15-17,20-31,36-42H,5,7,9-14H2,1-4H3/t15?,16-,17-,20-,21+,22+,23?,24?,25+,26-,27+,28?,29?,30?,31+,32-,33-,34?,35?/m0/s1. The smallest absolute Gasteiger partial charge is 0.197 e. The summed E-state index contributed by atoms with van der Waals surface area (Å²) in [5.74, 6) is -1.94. The summed E-state index contributed by atoms with van der Waals surface area (Å²) >= 11 is 0. The van der Waals surface area contributed by atoms with Crippen molar-refractivity contribution in [3.63, 3.8) is 0 Å². The summed E-state index contributed by atoms with van der Waals surface area (Å²) in [6.07, 6.45) is -0.795. The molecule has 4 heterocycles. The van der Waals surface area contributed by atoms with Crippen LogP contribution in [0.3, 0.4) is 0 Å². The van der Waals surface area contributed by atoms with Gasteiger partial charge < -0.3 is 59.4 Å². The van der Waals surface area contributed by atoms with Crippen LogP contribution in [-0.2, 0) is 23.7 Å². The van der Waals surface area contributed by atoms with E-state index < -0.39 is 79.2 Å². The minimum Gasteiger partial charge on any atom is -0.394 e. The third kappa shape index (κ3) is 4.37. The summed E-state index contributed by atoms with van der Waals surface area (Å²) in [7, 11) is 0. The van der Waals surface area contributed by atoms with Gasteiger partial charge in [0.25, 0.3) is 0 Å². The predicted molar refractivity (Wildman–Crippen MR) is 163 cm³/mol. The fraction of sp³-hybridized carbons (Fsp3) is 0.886. The van der Waals surface area contributed by atoms with Gasteiger partial charge in [-0.15, -0.1) is 0 Å². The van der Waals surface area contributed by atoms with Gasteiger partial charge in [-0.2, -0.15) is 0 Å². The maximum atomic E-state index is 11.8. The summed E-state index contributed by atoms with van der Waals surface area (Å²) in [4.78, 5) is 0. The third-order valence-corrected chi connectivity index (χ3v) is 14.3. The van der Waals surface area contributed by atoms with E-state index in [0.29, 0.717) is 19.4 Å². The zero-order chi connectivity index (χ0) is 33.4. The average Bonchev–Trinajstić information content (AvgIpc) is 3.64. The molecule has 4 aliphatic heterocycles. The van der Waals surface area contributed by atoms with Crippen LogP contribution >= 0.6 is 0 Å². The van der Waals surface area contributed by atoms with E-state index in [2.05, 4.69) is 26.0 Å². The van der Waals surface area contributed by atoms with Crippen molar-refractivity contribution < 1.29 is 59.4 Å². The van der Waals surface area contributed by atoms with Crippen LogP contribution < -0.4 is 0 Å². The lowest BCUT2D eigenvalue weighted by molar-refractivity contribution is -0.314. The summed E-state index contributed by atoms with van der Waals surface area (Å²) in [6.45, 7) is 8.04. The molecule has 0 aromatic heterocycles. The fourth-order valence-electron chi connectivity index (χ4n) is 11.5. The van der Waals surface area contributed by atoms with Gasteiger partial charge in [0.1, 0.15) is 30.5 Å². The van der Waals surface area contributed by atoms with Gasteiger partial charge in [-0.05, 0) is 79.3 Å². The van der Waals surface area contributed by atoms with Crippen LogP contribution in [0.2, 0.25) is 0 Å². The first-order chi connectivity index (χ1) is 22.2. The molecule has 12 heteroatoms. The molecular weight excluding hydrogens is 612 g/mol. The second kappa shape index (κ2) is 11.0. The normalized spacial score (nSPS) is 59.9. The summed E-state index contributed by atoms with van der Waals surface area (Å²) in [5.41, 5.74) is 0.749. The van der Waals surface area contributed by atoms with Crippen molar-refractivity contribution in [2.24, 2.45) is 40.4 Å². The lowest BCUT2D eigenvalue weighted by Gasteiger charge is -2.54. The largest absolute Gasteiger partial charge is 0.394 e. The highest BCUT2D eigenvalue weighted by Crippen LogP contribution is 2.67. The SMILES string of the molecule is CC1COC2(C)OC3C(C4[C@H](O)C[C@H]5C6=CC[C@H]7C[C@@H](O[C@@H]8O[C@H](CO)[C@@H](O)[C@H](O)[C@H]8O)CC[C@]7(C)C6=CC[C@]45C)C(O)OC3C12O. The maximum absolute atomic E-state index is 11.8. The van der Waals surface area contributed by atoms with E-state index in [1.807, 2.05) is 6.92 Å². The number of ether oxygens (including phenoxy) is 5. The van der Waals surface area contributed by atoms with Gasteiger partial charge in [0, 0.05) is 17.8 Å². The van der Waals surface area contributed by atoms with Crippen LogP contribution in [0.4, 0.5) is 0 Å². The molecule has 8 aliphatic rings. The van der Waals surface area contributed by atoms with Gasteiger partial charge in [0.2, 0.25) is 0 Å². The fourth-order valence-corrected chi connectivity index (χ4v) is 11.5. The molecule has 264 valence electrons. The van der Waals surface area contributed by atoms with Crippen LogP contribution in [0, 0.1) is 40.4 Å². The van der Waals surface area contributed by atoms with Crippen LogP contribution in [0.1, 0.15) is 66.2 Å². The Bertz CT molecular complexity index is 1320. The number of allylic oxidation sites excluding steroid dienone is 4. The molecule has 7 N–H and O–H groups in total. The Balaban J connectivity index is 1.01. The minimum absolute atomic E-state index is 0.0874. The quantitative estimate of drug-likeness (QED) is 0.221. The summed E-state index contributed by atoms with van der Waals surface area (Å²) in [6, 6.07) is 0. The Kier molecular flexibility index (Phi) is 7.76. The molecule has 4 saturated heterocycles. The molecule has 0 spiro atoms. The zero-order valence-electron chi connectivity index (χ0n) is 27.6. The van der Waals surface area contributed by atoms with E-state index in [1.54, 1.807) is 6.92 Å². The molecule has 0 bridgehead atoms. The van der Waals surface area contributed by atoms with Crippen molar-refractivity contribution in [2.75, 3.05) is 13.2 Å². The van der Waals surface area contributed by atoms with Crippen LogP contribution in [0.25, 0.3) is 0 Å². The molecule has 2 saturated carbocycles. The monoisotopic (exact) mass is 664 g/mol. The second-order valence-corrected chi connectivity index (χ2v) is 16.5. The summed E-state index contributed by atoms with van der Waals surface area (Å²) in [5, 5.41) is 75.4. The molecule has 0 amide bonds. The van der Waals surface area contributed by atoms with Crippen molar-refractivity contribution in [1.29, 1.82) is 0 Å². The Hall–Kier alpha value is -1.00. The van der Waals surface area contributed by atoms with Gasteiger partial charge in [0.15, 0.2) is 24.0 Å². The average molecular weight is 665 g/mol. The highest BCUT2D eigenvalue weighted by Gasteiger charge is 2.76. The van der Waals surface area contributed by atoms with E-state index in [-0.39, 0.29) is 40.6 Å².